The fourth-order valence-corrected chi connectivity index (χ4v) is 3.29. The molecule has 2 aliphatic rings. The number of piperidine rings is 2. The summed E-state index contributed by atoms with van der Waals surface area (Å²) in [5, 5.41) is 3.36. The van der Waals surface area contributed by atoms with E-state index in [1.165, 1.54) is 0 Å². The van der Waals surface area contributed by atoms with Gasteiger partial charge in [-0.05, 0) is 50.9 Å². The van der Waals surface area contributed by atoms with Crippen molar-refractivity contribution in [1.29, 1.82) is 0 Å². The number of hydrogen-bond acceptors (Lipinski definition) is 2. The van der Waals surface area contributed by atoms with Crippen LogP contribution in [0.25, 0.3) is 0 Å². The van der Waals surface area contributed by atoms with Crippen molar-refractivity contribution in [2.24, 2.45) is 5.41 Å². The number of amides is 1. The van der Waals surface area contributed by atoms with Crippen LogP contribution in [0.15, 0.2) is 30.3 Å². The van der Waals surface area contributed by atoms with Crippen molar-refractivity contribution >= 4 is 24.0 Å². The first-order valence-electron chi connectivity index (χ1n) is 6.90. The Kier molecular flexibility index (Phi) is 4.48. The van der Waals surface area contributed by atoms with Gasteiger partial charge in [-0.2, -0.15) is 0 Å². The number of hydrogen-bond donors (Lipinski definition) is 1. The Balaban J connectivity index is 0.00000133. The molecule has 1 N–H and O–H groups in total. The van der Waals surface area contributed by atoms with Crippen LogP contribution in [0.4, 0.5) is 5.69 Å². The minimum atomic E-state index is -0.0840. The topological polar surface area (TPSA) is 32.3 Å². The van der Waals surface area contributed by atoms with Crippen molar-refractivity contribution < 1.29 is 4.79 Å². The molecule has 0 saturated carbocycles. The Morgan fingerprint density at radius 1 is 1.05 bits per heavy atom. The third-order valence-corrected chi connectivity index (χ3v) is 4.36. The van der Waals surface area contributed by atoms with Gasteiger partial charge in [0.05, 0.1) is 5.41 Å². The van der Waals surface area contributed by atoms with Crippen molar-refractivity contribution in [3.8, 4) is 0 Å². The minimum Gasteiger partial charge on any atom is -0.317 e. The summed E-state index contributed by atoms with van der Waals surface area (Å²) in [5.41, 5.74) is 0.972. The number of nitrogens with one attached hydrogen (secondary N) is 1. The second kappa shape index (κ2) is 5.93. The van der Waals surface area contributed by atoms with E-state index < -0.39 is 0 Å². The number of carbonyl (C=O) groups excluding carboxylic acids is 1. The highest BCUT2D eigenvalue weighted by molar-refractivity contribution is 5.98. The van der Waals surface area contributed by atoms with Gasteiger partial charge in [0.2, 0.25) is 5.91 Å². The lowest BCUT2D eigenvalue weighted by atomic mass is 9.72. The van der Waals surface area contributed by atoms with Gasteiger partial charge in [-0.25, -0.2) is 0 Å². The Morgan fingerprint density at radius 3 is 2.42 bits per heavy atom. The molecule has 2 heterocycles. The summed E-state index contributed by atoms with van der Waals surface area (Å²) in [5.74, 6) is 0.349. The van der Waals surface area contributed by atoms with Gasteiger partial charge in [0.15, 0.2) is 0 Å². The number of benzene rings is 1. The number of carbonyl (C=O) groups is 1. The molecule has 2 fully saturated rings. The summed E-state index contributed by atoms with van der Waals surface area (Å²) < 4.78 is 0. The van der Waals surface area contributed by atoms with Gasteiger partial charge in [-0.15, -0.1) is 12.4 Å². The minimum absolute atomic E-state index is 0. The Morgan fingerprint density at radius 2 is 1.74 bits per heavy atom. The molecule has 3 nitrogen and oxygen atoms in total. The van der Waals surface area contributed by atoms with Crippen LogP contribution < -0.4 is 10.2 Å². The maximum absolute atomic E-state index is 12.8. The van der Waals surface area contributed by atoms with Gasteiger partial charge in [0, 0.05) is 12.2 Å². The second-order valence-corrected chi connectivity index (χ2v) is 5.43. The molecule has 4 heteroatoms. The average Bonchev–Trinajstić information content (AvgIpc) is 2.44. The highest BCUT2D eigenvalue weighted by Crippen LogP contribution is 2.40. The average molecular weight is 281 g/mol. The van der Waals surface area contributed by atoms with E-state index in [9.17, 15) is 4.79 Å². The zero-order chi connectivity index (χ0) is 12.4. The van der Waals surface area contributed by atoms with E-state index >= 15 is 0 Å². The van der Waals surface area contributed by atoms with Gasteiger partial charge in [0.1, 0.15) is 0 Å². The van der Waals surface area contributed by atoms with Crippen LogP contribution in [-0.2, 0) is 4.79 Å². The molecule has 1 aromatic carbocycles. The lowest BCUT2D eigenvalue weighted by Crippen LogP contribution is -2.53. The van der Waals surface area contributed by atoms with Gasteiger partial charge in [0.25, 0.3) is 0 Å². The summed E-state index contributed by atoms with van der Waals surface area (Å²) in [6.07, 6.45) is 4.18. The molecule has 0 bridgehead atoms. The van der Waals surface area contributed by atoms with E-state index in [1.807, 2.05) is 35.2 Å². The normalized spacial score (nSPS) is 22.1. The van der Waals surface area contributed by atoms with E-state index in [2.05, 4.69) is 5.32 Å². The highest BCUT2D eigenvalue weighted by Gasteiger charge is 2.44. The maximum atomic E-state index is 12.8. The molecule has 0 radical (unpaired) electrons. The summed E-state index contributed by atoms with van der Waals surface area (Å²) in [6.45, 7) is 2.83. The zero-order valence-corrected chi connectivity index (χ0v) is 11.9. The van der Waals surface area contributed by atoms with E-state index in [0.717, 1.165) is 51.0 Å². The van der Waals surface area contributed by atoms with Crippen LogP contribution in [0.2, 0.25) is 0 Å². The molecule has 0 aromatic heterocycles. The molecule has 2 aliphatic heterocycles. The molecule has 104 valence electrons. The van der Waals surface area contributed by atoms with Crippen LogP contribution in [0.5, 0.6) is 0 Å². The molecular formula is C15H21ClN2O. The van der Waals surface area contributed by atoms with Crippen LogP contribution in [0.1, 0.15) is 25.7 Å². The lowest BCUT2D eigenvalue weighted by Gasteiger charge is -2.44. The molecular weight excluding hydrogens is 260 g/mol. The lowest BCUT2D eigenvalue weighted by molar-refractivity contribution is -0.132. The molecule has 2 saturated heterocycles. The standard InChI is InChI=1S/C15H20N2O.ClH/c18-14-15(8-10-16-11-9-15)7-4-12-17(14)13-5-2-1-3-6-13;/h1-3,5-6,16H,4,7-12H2;1H. The summed E-state index contributed by atoms with van der Waals surface area (Å²) >= 11 is 0. The third-order valence-electron chi connectivity index (χ3n) is 4.36. The molecule has 1 spiro atoms. The van der Waals surface area contributed by atoms with Crippen molar-refractivity contribution in [3.63, 3.8) is 0 Å². The van der Waals surface area contributed by atoms with Crippen molar-refractivity contribution in [1.82, 2.24) is 5.32 Å². The number of anilines is 1. The largest absolute Gasteiger partial charge is 0.317 e. The quantitative estimate of drug-likeness (QED) is 0.858. The van der Waals surface area contributed by atoms with E-state index in [-0.39, 0.29) is 17.8 Å². The molecule has 1 aromatic rings. The predicted molar refractivity (Wildman–Crippen MR) is 79.8 cm³/mol. The third kappa shape index (κ3) is 2.63. The van der Waals surface area contributed by atoms with Crippen LogP contribution in [0, 0.1) is 5.41 Å². The van der Waals surface area contributed by atoms with E-state index in [4.69, 9.17) is 0 Å². The van der Waals surface area contributed by atoms with Crippen LogP contribution in [-0.4, -0.2) is 25.5 Å². The SMILES string of the molecule is Cl.O=C1N(c2ccccc2)CCCC12CCNCC2. The van der Waals surface area contributed by atoms with Gasteiger partial charge >= 0.3 is 0 Å². The predicted octanol–water partition coefficient (Wildman–Crippen LogP) is 2.61. The second-order valence-electron chi connectivity index (χ2n) is 5.43. The molecule has 19 heavy (non-hydrogen) atoms. The smallest absolute Gasteiger partial charge is 0.233 e. The first kappa shape index (κ1) is 14.4. The van der Waals surface area contributed by atoms with Crippen molar-refractivity contribution in [2.45, 2.75) is 25.7 Å². The maximum Gasteiger partial charge on any atom is 0.233 e. The monoisotopic (exact) mass is 280 g/mol. The van der Waals surface area contributed by atoms with E-state index in [1.54, 1.807) is 0 Å². The molecule has 0 unspecified atom stereocenters. The number of nitrogens with zero attached hydrogens (tertiary/aromatic N) is 1. The first-order chi connectivity index (χ1) is 8.82. The summed E-state index contributed by atoms with van der Waals surface area (Å²) in [6, 6.07) is 10.1. The fraction of sp³-hybridized carbons (Fsp3) is 0.533. The Hall–Kier alpha value is -1.06. The number of halogens is 1. The molecule has 3 rings (SSSR count). The van der Waals surface area contributed by atoms with Gasteiger partial charge < -0.3 is 10.2 Å². The van der Waals surface area contributed by atoms with Crippen molar-refractivity contribution in [2.75, 3.05) is 24.5 Å². The van der Waals surface area contributed by atoms with Crippen molar-refractivity contribution in [3.05, 3.63) is 30.3 Å². The van der Waals surface area contributed by atoms with E-state index in [0.29, 0.717) is 5.91 Å². The number of para-hydroxylation sites is 1. The van der Waals surface area contributed by atoms with Gasteiger partial charge in [-0.1, -0.05) is 18.2 Å². The Labute approximate surface area is 120 Å². The highest BCUT2D eigenvalue weighted by atomic mass is 35.5. The van der Waals surface area contributed by atoms with Crippen LogP contribution in [0.3, 0.4) is 0 Å². The zero-order valence-electron chi connectivity index (χ0n) is 11.1. The Bertz CT molecular complexity index is 424. The molecule has 0 atom stereocenters. The van der Waals surface area contributed by atoms with Crippen LogP contribution >= 0.6 is 12.4 Å². The molecule has 0 aliphatic carbocycles. The summed E-state index contributed by atoms with van der Waals surface area (Å²) in [4.78, 5) is 14.8. The number of rotatable bonds is 1. The summed E-state index contributed by atoms with van der Waals surface area (Å²) in [7, 11) is 0. The first-order valence-corrected chi connectivity index (χ1v) is 6.90. The fourth-order valence-electron chi connectivity index (χ4n) is 3.29. The molecule has 1 amide bonds. The van der Waals surface area contributed by atoms with Gasteiger partial charge in [-0.3, -0.25) is 4.79 Å².